The van der Waals surface area contributed by atoms with Gasteiger partial charge in [0, 0.05) is 16.6 Å². The van der Waals surface area contributed by atoms with E-state index in [2.05, 4.69) is 5.32 Å². The smallest absolute Gasteiger partial charge is 0.294 e. The predicted molar refractivity (Wildman–Crippen MR) is 136 cm³/mol. The van der Waals surface area contributed by atoms with Gasteiger partial charge in [-0.2, -0.15) is 0 Å². The van der Waals surface area contributed by atoms with Crippen LogP contribution in [0.25, 0.3) is 6.08 Å². The number of benzene rings is 3. The van der Waals surface area contributed by atoms with E-state index >= 15 is 0 Å². The third-order valence-electron chi connectivity index (χ3n) is 4.96. The van der Waals surface area contributed by atoms with Gasteiger partial charge < -0.3 is 5.32 Å². The maximum Gasteiger partial charge on any atom is 0.294 e. The maximum absolute atomic E-state index is 12.8. The number of carbonyl (C=O) groups is 3. The second-order valence-corrected chi connectivity index (χ2v) is 9.69. The number of aryl methyl sites for hydroxylation is 1. The fourth-order valence-corrected chi connectivity index (χ4v) is 4.98. The minimum absolute atomic E-state index is 0.0933. The van der Waals surface area contributed by atoms with E-state index in [4.69, 9.17) is 0 Å². The molecule has 0 aromatic heterocycles. The lowest BCUT2D eigenvalue weighted by atomic mass is 10.2. The summed E-state index contributed by atoms with van der Waals surface area (Å²) >= 11 is 1.96. The van der Waals surface area contributed by atoms with Crippen LogP contribution in [0.15, 0.2) is 87.5 Å². The Morgan fingerprint density at radius 3 is 2.49 bits per heavy atom. The summed E-state index contributed by atoms with van der Waals surface area (Å²) in [6.45, 7) is 1.53. The third kappa shape index (κ3) is 5.97. The molecule has 1 saturated heterocycles. The minimum Gasteiger partial charge on any atom is -0.325 e. The summed E-state index contributed by atoms with van der Waals surface area (Å²) in [6.07, 6.45) is 1.42. The Morgan fingerprint density at radius 2 is 1.80 bits per heavy atom. The van der Waals surface area contributed by atoms with Crippen LogP contribution < -0.4 is 5.32 Å². The highest BCUT2D eigenvalue weighted by atomic mass is 32.2. The fraction of sp³-hybridized carbons (Fsp3) is 0.0800. The summed E-state index contributed by atoms with van der Waals surface area (Å²) in [6, 6.07) is 21.0. The highest BCUT2D eigenvalue weighted by Gasteiger charge is 2.36. The zero-order chi connectivity index (χ0) is 24.9. The Morgan fingerprint density at radius 1 is 1.09 bits per heavy atom. The molecule has 0 spiro atoms. The van der Waals surface area contributed by atoms with E-state index in [0.717, 1.165) is 15.4 Å². The Bertz CT molecular complexity index is 1340. The van der Waals surface area contributed by atoms with Gasteiger partial charge in [-0.25, -0.2) is 0 Å². The standard InChI is InChI=1S/C25H19N3O5S2/c1-16-7-10-19(11-8-16)34-21-12-9-17(13-20(21)28(32)33)14-22-24(30)27(25(31)35-22)15-23(29)26-18-5-3-2-4-6-18/h2-14H,15H2,1H3,(H,26,29)/b22-14-. The molecule has 0 aliphatic carbocycles. The van der Waals surface area contributed by atoms with E-state index in [0.29, 0.717) is 27.9 Å². The first-order chi connectivity index (χ1) is 16.8. The molecule has 3 amide bonds. The molecule has 0 atom stereocenters. The van der Waals surface area contributed by atoms with Crippen LogP contribution in [-0.2, 0) is 9.59 Å². The number of rotatable bonds is 7. The molecule has 0 unspecified atom stereocenters. The van der Waals surface area contributed by atoms with Crippen molar-refractivity contribution in [1.29, 1.82) is 0 Å². The molecule has 4 rings (SSSR count). The van der Waals surface area contributed by atoms with Gasteiger partial charge in [-0.05, 0) is 60.7 Å². The van der Waals surface area contributed by atoms with Crippen molar-refractivity contribution in [3.05, 3.63) is 98.9 Å². The van der Waals surface area contributed by atoms with Gasteiger partial charge in [-0.1, -0.05) is 53.7 Å². The highest BCUT2D eigenvalue weighted by molar-refractivity contribution is 8.18. The summed E-state index contributed by atoms with van der Waals surface area (Å²) in [5, 5.41) is 13.7. The molecule has 1 heterocycles. The van der Waals surface area contributed by atoms with Gasteiger partial charge >= 0.3 is 0 Å². The van der Waals surface area contributed by atoms with Crippen molar-refractivity contribution in [2.24, 2.45) is 0 Å². The van der Waals surface area contributed by atoms with Crippen LogP contribution in [-0.4, -0.2) is 33.4 Å². The van der Waals surface area contributed by atoms with Crippen LogP contribution in [0.4, 0.5) is 16.2 Å². The van der Waals surface area contributed by atoms with E-state index in [1.807, 2.05) is 31.2 Å². The van der Waals surface area contributed by atoms with Gasteiger partial charge in [0.2, 0.25) is 5.91 Å². The lowest BCUT2D eigenvalue weighted by molar-refractivity contribution is -0.387. The lowest BCUT2D eigenvalue weighted by Crippen LogP contribution is -2.36. The number of amides is 3. The zero-order valence-electron chi connectivity index (χ0n) is 18.5. The summed E-state index contributed by atoms with van der Waals surface area (Å²) in [5.41, 5.74) is 1.94. The molecule has 0 saturated carbocycles. The van der Waals surface area contributed by atoms with Gasteiger partial charge in [0.05, 0.1) is 14.7 Å². The maximum atomic E-state index is 12.8. The molecule has 1 N–H and O–H groups in total. The second kappa shape index (κ2) is 10.6. The van der Waals surface area contributed by atoms with Gasteiger partial charge in [-0.3, -0.25) is 29.4 Å². The van der Waals surface area contributed by atoms with Crippen molar-refractivity contribution in [1.82, 2.24) is 4.90 Å². The molecule has 3 aromatic carbocycles. The van der Waals surface area contributed by atoms with E-state index in [1.165, 1.54) is 23.9 Å². The summed E-state index contributed by atoms with van der Waals surface area (Å²) < 4.78 is 0. The number of anilines is 1. The Balaban J connectivity index is 1.50. The largest absolute Gasteiger partial charge is 0.325 e. The van der Waals surface area contributed by atoms with Gasteiger partial charge in [-0.15, -0.1) is 0 Å². The number of imide groups is 1. The topological polar surface area (TPSA) is 110 Å². The van der Waals surface area contributed by atoms with Crippen LogP contribution in [0.1, 0.15) is 11.1 Å². The molecule has 35 heavy (non-hydrogen) atoms. The van der Waals surface area contributed by atoms with Crippen molar-refractivity contribution < 1.29 is 19.3 Å². The first-order valence-electron chi connectivity index (χ1n) is 10.4. The number of nitrogens with zero attached hydrogens (tertiary/aromatic N) is 2. The van der Waals surface area contributed by atoms with E-state index in [9.17, 15) is 24.5 Å². The van der Waals surface area contributed by atoms with Crippen LogP contribution >= 0.6 is 23.5 Å². The number of thioether (sulfide) groups is 1. The van der Waals surface area contributed by atoms with E-state index in [-0.39, 0.29) is 10.6 Å². The normalized spacial score (nSPS) is 14.4. The Kier molecular flexibility index (Phi) is 7.33. The third-order valence-corrected chi connectivity index (χ3v) is 6.94. The van der Waals surface area contributed by atoms with Crippen LogP contribution in [0.2, 0.25) is 0 Å². The molecule has 0 radical (unpaired) electrons. The molecule has 10 heteroatoms. The molecule has 1 aliphatic heterocycles. The van der Waals surface area contributed by atoms with Gasteiger partial charge in [0.15, 0.2) is 0 Å². The average Bonchev–Trinajstić information content (AvgIpc) is 3.09. The summed E-state index contributed by atoms with van der Waals surface area (Å²) in [5.74, 6) is -1.13. The SMILES string of the molecule is Cc1ccc(Sc2ccc(/C=C3\SC(=O)N(CC(=O)Nc4ccccc4)C3=O)cc2[N+](=O)[O-])cc1. The first-order valence-corrected chi connectivity index (χ1v) is 12.1. The second-order valence-electron chi connectivity index (χ2n) is 7.58. The van der Waals surface area contributed by atoms with Gasteiger partial charge in [0.1, 0.15) is 6.54 Å². The van der Waals surface area contributed by atoms with E-state index < -0.39 is 28.5 Å². The minimum atomic E-state index is -0.621. The number of hydrogen-bond acceptors (Lipinski definition) is 7. The Labute approximate surface area is 209 Å². The molecule has 3 aromatic rings. The predicted octanol–water partition coefficient (Wildman–Crippen LogP) is 5.73. The first kappa shape index (κ1) is 24.2. The van der Waals surface area contributed by atoms with Crippen molar-refractivity contribution >= 4 is 58.0 Å². The number of nitrogens with one attached hydrogen (secondary N) is 1. The quantitative estimate of drug-likeness (QED) is 0.248. The number of nitro benzene ring substituents is 1. The number of para-hydroxylation sites is 1. The molecule has 0 bridgehead atoms. The summed E-state index contributed by atoms with van der Waals surface area (Å²) in [7, 11) is 0. The Hall–Kier alpha value is -3.89. The zero-order valence-corrected chi connectivity index (χ0v) is 20.1. The molecule has 8 nitrogen and oxygen atoms in total. The molecular weight excluding hydrogens is 486 g/mol. The van der Waals surface area contributed by atoms with Crippen LogP contribution in [0.3, 0.4) is 0 Å². The van der Waals surface area contributed by atoms with Crippen molar-refractivity contribution in [3.8, 4) is 0 Å². The monoisotopic (exact) mass is 505 g/mol. The van der Waals surface area contributed by atoms with Crippen molar-refractivity contribution in [2.75, 3.05) is 11.9 Å². The van der Waals surface area contributed by atoms with E-state index in [1.54, 1.807) is 42.5 Å². The summed E-state index contributed by atoms with van der Waals surface area (Å²) in [4.78, 5) is 50.9. The van der Waals surface area contributed by atoms with Gasteiger partial charge in [0.25, 0.3) is 16.8 Å². The fourth-order valence-electron chi connectivity index (χ4n) is 3.24. The number of hydrogen-bond donors (Lipinski definition) is 1. The molecule has 176 valence electrons. The molecular formula is C25H19N3O5S2. The molecule has 1 aliphatic rings. The van der Waals surface area contributed by atoms with Crippen molar-refractivity contribution in [2.45, 2.75) is 16.7 Å². The van der Waals surface area contributed by atoms with Crippen molar-refractivity contribution in [3.63, 3.8) is 0 Å². The highest BCUT2D eigenvalue weighted by Crippen LogP contribution is 2.37. The molecule has 1 fully saturated rings. The number of carbonyl (C=O) groups excluding carboxylic acids is 3. The van der Waals surface area contributed by atoms with Crippen LogP contribution in [0.5, 0.6) is 0 Å². The number of nitro groups is 1. The average molecular weight is 506 g/mol. The lowest BCUT2D eigenvalue weighted by Gasteiger charge is -2.12. The van der Waals surface area contributed by atoms with Crippen LogP contribution in [0, 0.1) is 17.0 Å².